The van der Waals surface area contributed by atoms with E-state index in [1.807, 2.05) is 6.92 Å². The van der Waals surface area contributed by atoms with Gasteiger partial charge in [-0.25, -0.2) is 4.39 Å². The molecule has 0 unspecified atom stereocenters. The number of carbonyl (C=O) groups is 1. The summed E-state index contributed by atoms with van der Waals surface area (Å²) in [5.41, 5.74) is 6.39. The quantitative estimate of drug-likeness (QED) is 0.852. The smallest absolute Gasteiger partial charge is 0.254 e. The van der Waals surface area contributed by atoms with Crippen molar-refractivity contribution in [2.75, 3.05) is 19.6 Å². The maximum Gasteiger partial charge on any atom is 0.254 e. The van der Waals surface area contributed by atoms with Crippen LogP contribution in [0.5, 0.6) is 0 Å². The molecule has 17 heavy (non-hydrogen) atoms. The summed E-state index contributed by atoms with van der Waals surface area (Å²) in [4.78, 5) is 13.7. The van der Waals surface area contributed by atoms with E-state index in [-0.39, 0.29) is 11.7 Å². The van der Waals surface area contributed by atoms with Crippen molar-refractivity contribution in [1.82, 2.24) is 4.90 Å². The van der Waals surface area contributed by atoms with Crippen molar-refractivity contribution in [3.8, 4) is 0 Å². The summed E-state index contributed by atoms with van der Waals surface area (Å²) in [7, 11) is 0. The first-order valence-corrected chi connectivity index (χ1v) is 5.85. The first kappa shape index (κ1) is 13.6. The van der Waals surface area contributed by atoms with E-state index >= 15 is 0 Å². The van der Waals surface area contributed by atoms with E-state index in [4.69, 9.17) is 5.73 Å². The molecule has 0 aliphatic rings. The molecule has 1 aromatic carbocycles. The maximum atomic E-state index is 13.4. The standard InChI is InChI=1S/C13H19FN2O/c1-3-7-16(8-6-15)13(17)11-5-4-10(2)12(14)9-11/h4-5,9H,3,6-8,15H2,1-2H3. The normalized spacial score (nSPS) is 10.4. The molecule has 0 aromatic heterocycles. The Balaban J connectivity index is 2.88. The predicted molar refractivity (Wildman–Crippen MR) is 66.4 cm³/mol. The van der Waals surface area contributed by atoms with Gasteiger partial charge in [-0.3, -0.25) is 4.79 Å². The van der Waals surface area contributed by atoms with Gasteiger partial charge in [-0.15, -0.1) is 0 Å². The second-order valence-corrected chi connectivity index (χ2v) is 4.04. The zero-order chi connectivity index (χ0) is 12.8. The topological polar surface area (TPSA) is 46.3 Å². The number of nitrogens with two attached hydrogens (primary N) is 1. The molecule has 0 heterocycles. The van der Waals surface area contributed by atoms with Gasteiger partial charge in [0.15, 0.2) is 0 Å². The highest BCUT2D eigenvalue weighted by atomic mass is 19.1. The van der Waals surface area contributed by atoms with Crippen LogP contribution < -0.4 is 5.73 Å². The van der Waals surface area contributed by atoms with Gasteiger partial charge in [0.1, 0.15) is 5.82 Å². The van der Waals surface area contributed by atoms with Crippen LogP contribution in [0.3, 0.4) is 0 Å². The van der Waals surface area contributed by atoms with Crippen LogP contribution in [0.1, 0.15) is 29.3 Å². The van der Waals surface area contributed by atoms with Crippen molar-refractivity contribution in [2.45, 2.75) is 20.3 Å². The number of nitrogens with zero attached hydrogens (tertiary/aromatic N) is 1. The Morgan fingerprint density at radius 2 is 2.12 bits per heavy atom. The molecule has 0 aliphatic carbocycles. The Morgan fingerprint density at radius 3 is 2.65 bits per heavy atom. The fourth-order valence-electron chi connectivity index (χ4n) is 1.65. The molecule has 0 atom stereocenters. The lowest BCUT2D eigenvalue weighted by molar-refractivity contribution is 0.0760. The minimum Gasteiger partial charge on any atom is -0.337 e. The average molecular weight is 238 g/mol. The minimum atomic E-state index is -0.347. The van der Waals surface area contributed by atoms with Crippen molar-refractivity contribution < 1.29 is 9.18 Å². The van der Waals surface area contributed by atoms with Crippen molar-refractivity contribution in [2.24, 2.45) is 5.73 Å². The molecular formula is C13H19FN2O. The number of carbonyl (C=O) groups excluding carboxylic acids is 1. The van der Waals surface area contributed by atoms with Gasteiger partial charge in [0.25, 0.3) is 5.91 Å². The van der Waals surface area contributed by atoms with Gasteiger partial charge in [0.2, 0.25) is 0 Å². The van der Waals surface area contributed by atoms with Crippen LogP contribution in [0.15, 0.2) is 18.2 Å². The summed E-state index contributed by atoms with van der Waals surface area (Å²) in [5.74, 6) is -0.503. The number of halogens is 1. The SMILES string of the molecule is CCCN(CCN)C(=O)c1ccc(C)c(F)c1. The fraction of sp³-hybridized carbons (Fsp3) is 0.462. The lowest BCUT2D eigenvalue weighted by atomic mass is 10.1. The second kappa shape index (κ2) is 6.35. The highest BCUT2D eigenvalue weighted by Crippen LogP contribution is 2.11. The third-order valence-electron chi connectivity index (χ3n) is 2.60. The average Bonchev–Trinajstić information content (AvgIpc) is 2.31. The summed E-state index contributed by atoms with van der Waals surface area (Å²) in [5, 5.41) is 0. The molecule has 0 fully saturated rings. The molecule has 0 spiro atoms. The van der Waals surface area contributed by atoms with Crippen molar-refractivity contribution >= 4 is 5.91 Å². The molecule has 0 saturated heterocycles. The lowest BCUT2D eigenvalue weighted by Crippen LogP contribution is -2.36. The minimum absolute atomic E-state index is 0.156. The number of amides is 1. The Morgan fingerprint density at radius 1 is 1.41 bits per heavy atom. The van der Waals surface area contributed by atoms with E-state index in [0.717, 1.165) is 6.42 Å². The molecule has 1 aromatic rings. The molecule has 0 saturated carbocycles. The molecular weight excluding hydrogens is 219 g/mol. The van der Waals surface area contributed by atoms with Crippen LogP contribution in [0.2, 0.25) is 0 Å². The van der Waals surface area contributed by atoms with Crippen molar-refractivity contribution in [3.63, 3.8) is 0 Å². The summed E-state index contributed by atoms with van der Waals surface area (Å²) >= 11 is 0. The fourth-order valence-corrected chi connectivity index (χ4v) is 1.65. The first-order valence-electron chi connectivity index (χ1n) is 5.85. The molecule has 2 N–H and O–H groups in total. The monoisotopic (exact) mass is 238 g/mol. The van der Waals surface area contributed by atoms with Gasteiger partial charge in [-0.05, 0) is 31.0 Å². The van der Waals surface area contributed by atoms with E-state index in [1.54, 1.807) is 24.0 Å². The van der Waals surface area contributed by atoms with Crippen LogP contribution in [0.25, 0.3) is 0 Å². The van der Waals surface area contributed by atoms with E-state index < -0.39 is 0 Å². The van der Waals surface area contributed by atoms with Gasteiger partial charge in [0.05, 0.1) is 0 Å². The van der Waals surface area contributed by atoms with Crippen LogP contribution >= 0.6 is 0 Å². The van der Waals surface area contributed by atoms with Gasteiger partial charge in [0, 0.05) is 25.2 Å². The van der Waals surface area contributed by atoms with Crippen LogP contribution in [-0.2, 0) is 0 Å². The molecule has 0 aliphatic heterocycles. The highest BCUT2D eigenvalue weighted by molar-refractivity contribution is 5.94. The van der Waals surface area contributed by atoms with Crippen LogP contribution in [-0.4, -0.2) is 30.4 Å². The second-order valence-electron chi connectivity index (χ2n) is 4.04. The number of hydrogen-bond acceptors (Lipinski definition) is 2. The number of hydrogen-bond donors (Lipinski definition) is 1. The molecule has 4 heteroatoms. The summed E-state index contributed by atoms with van der Waals surface area (Å²) in [6, 6.07) is 4.56. The zero-order valence-electron chi connectivity index (χ0n) is 10.4. The first-order chi connectivity index (χ1) is 8.10. The van der Waals surface area contributed by atoms with Gasteiger partial charge < -0.3 is 10.6 Å². The van der Waals surface area contributed by atoms with E-state index in [1.165, 1.54) is 6.07 Å². The largest absolute Gasteiger partial charge is 0.337 e. The van der Waals surface area contributed by atoms with E-state index in [9.17, 15) is 9.18 Å². The lowest BCUT2D eigenvalue weighted by Gasteiger charge is -2.21. The predicted octanol–water partition coefficient (Wildman–Crippen LogP) is 1.95. The highest BCUT2D eigenvalue weighted by Gasteiger charge is 2.15. The zero-order valence-corrected chi connectivity index (χ0v) is 10.4. The van der Waals surface area contributed by atoms with Crippen molar-refractivity contribution in [1.29, 1.82) is 0 Å². The molecule has 3 nitrogen and oxygen atoms in total. The van der Waals surface area contributed by atoms with Crippen molar-refractivity contribution in [3.05, 3.63) is 35.1 Å². The third-order valence-corrected chi connectivity index (χ3v) is 2.60. The summed E-state index contributed by atoms with van der Waals surface area (Å²) in [6.07, 6.45) is 0.861. The molecule has 94 valence electrons. The Bertz CT molecular complexity index is 387. The summed E-state index contributed by atoms with van der Waals surface area (Å²) < 4.78 is 13.4. The maximum absolute atomic E-state index is 13.4. The van der Waals surface area contributed by atoms with Gasteiger partial charge in [-0.1, -0.05) is 13.0 Å². The number of aryl methyl sites for hydroxylation is 1. The Hall–Kier alpha value is -1.42. The van der Waals surface area contributed by atoms with Gasteiger partial charge in [-0.2, -0.15) is 0 Å². The summed E-state index contributed by atoms with van der Waals surface area (Å²) in [6.45, 7) is 5.23. The van der Waals surface area contributed by atoms with E-state index in [0.29, 0.717) is 30.8 Å². The van der Waals surface area contributed by atoms with E-state index in [2.05, 4.69) is 0 Å². The Labute approximate surface area is 101 Å². The Kier molecular flexibility index (Phi) is 5.10. The molecule has 0 radical (unpaired) electrons. The van der Waals surface area contributed by atoms with Gasteiger partial charge >= 0.3 is 0 Å². The number of benzene rings is 1. The number of rotatable bonds is 5. The molecule has 1 amide bonds. The molecule has 1 rings (SSSR count). The molecule has 0 bridgehead atoms. The van der Waals surface area contributed by atoms with Crippen LogP contribution in [0, 0.1) is 12.7 Å². The third kappa shape index (κ3) is 3.53. The van der Waals surface area contributed by atoms with Crippen LogP contribution in [0.4, 0.5) is 4.39 Å².